The molecule has 1 aliphatic heterocycles. The molecule has 3 N–H and O–H groups in total. The van der Waals surface area contributed by atoms with Crippen molar-refractivity contribution < 1.29 is 23.9 Å². The predicted molar refractivity (Wildman–Crippen MR) is 91.7 cm³/mol. The maximum absolute atomic E-state index is 14.2. The Bertz CT molecular complexity index is 715. The number of halogens is 1. The van der Waals surface area contributed by atoms with Gasteiger partial charge in [-0.1, -0.05) is 0 Å². The second-order valence-corrected chi connectivity index (χ2v) is 6.48. The molecule has 1 saturated heterocycles. The summed E-state index contributed by atoms with van der Waals surface area (Å²) in [6, 6.07) is 3.58. The lowest BCUT2D eigenvalue weighted by atomic mass is 9.93. The van der Waals surface area contributed by atoms with E-state index in [1.165, 1.54) is 21.9 Å². The van der Waals surface area contributed by atoms with Crippen LogP contribution in [0.2, 0.25) is 0 Å². The summed E-state index contributed by atoms with van der Waals surface area (Å²) in [6.45, 7) is 0.974. The van der Waals surface area contributed by atoms with E-state index in [1.54, 1.807) is 0 Å². The fraction of sp³-hybridized carbons (Fsp3) is 0.471. The molecule has 0 aromatic heterocycles. The highest BCUT2D eigenvalue weighted by molar-refractivity contribution is 5.96. The zero-order valence-electron chi connectivity index (χ0n) is 14.2. The van der Waals surface area contributed by atoms with Crippen molar-refractivity contribution in [3.63, 3.8) is 0 Å². The van der Waals surface area contributed by atoms with Gasteiger partial charge >= 0.3 is 12.1 Å². The van der Waals surface area contributed by atoms with Gasteiger partial charge in [-0.15, -0.1) is 0 Å². The van der Waals surface area contributed by atoms with E-state index >= 15 is 0 Å². The SMILES string of the molecule is O=C(Nc1ccc(C(=O)N2CCN(C(=O)O)CC2)cc1F)NC1CCC1. The lowest BCUT2D eigenvalue weighted by Crippen LogP contribution is -2.50. The Hall–Kier alpha value is -2.84. The highest BCUT2D eigenvalue weighted by Gasteiger charge is 2.25. The molecule has 1 saturated carbocycles. The minimum Gasteiger partial charge on any atom is -0.465 e. The number of nitrogens with zero attached hydrogens (tertiary/aromatic N) is 2. The van der Waals surface area contributed by atoms with Crippen LogP contribution in [0.1, 0.15) is 29.6 Å². The summed E-state index contributed by atoms with van der Waals surface area (Å²) >= 11 is 0. The van der Waals surface area contributed by atoms with Gasteiger partial charge in [0.05, 0.1) is 5.69 Å². The highest BCUT2D eigenvalue weighted by Crippen LogP contribution is 2.20. The Morgan fingerprint density at radius 1 is 1.08 bits per heavy atom. The van der Waals surface area contributed by atoms with Gasteiger partial charge in [0, 0.05) is 37.8 Å². The lowest BCUT2D eigenvalue weighted by molar-refractivity contribution is 0.0624. The number of hydrogen-bond donors (Lipinski definition) is 3. The van der Waals surface area contributed by atoms with E-state index in [0.717, 1.165) is 25.3 Å². The van der Waals surface area contributed by atoms with E-state index in [-0.39, 0.29) is 49.4 Å². The van der Waals surface area contributed by atoms with Gasteiger partial charge in [0.25, 0.3) is 5.91 Å². The molecule has 1 heterocycles. The molecule has 4 amide bonds. The number of nitrogens with one attached hydrogen (secondary N) is 2. The first-order valence-electron chi connectivity index (χ1n) is 8.58. The zero-order valence-corrected chi connectivity index (χ0v) is 14.2. The van der Waals surface area contributed by atoms with Crippen LogP contribution in [-0.4, -0.2) is 65.2 Å². The number of amides is 4. The van der Waals surface area contributed by atoms with Crippen molar-refractivity contribution in [1.29, 1.82) is 0 Å². The molecule has 2 fully saturated rings. The maximum Gasteiger partial charge on any atom is 0.407 e. The molecular formula is C17H21FN4O4. The average Bonchev–Trinajstić information content (AvgIpc) is 2.59. The number of hydrogen-bond acceptors (Lipinski definition) is 3. The molecule has 26 heavy (non-hydrogen) atoms. The number of carbonyl (C=O) groups excluding carboxylic acids is 2. The Balaban J connectivity index is 1.58. The number of anilines is 1. The second-order valence-electron chi connectivity index (χ2n) is 6.48. The quantitative estimate of drug-likeness (QED) is 0.763. The van der Waals surface area contributed by atoms with Crippen LogP contribution in [-0.2, 0) is 0 Å². The van der Waals surface area contributed by atoms with E-state index in [4.69, 9.17) is 5.11 Å². The van der Waals surface area contributed by atoms with Crippen LogP contribution in [0.3, 0.4) is 0 Å². The van der Waals surface area contributed by atoms with Crippen molar-refractivity contribution in [2.45, 2.75) is 25.3 Å². The zero-order chi connectivity index (χ0) is 18.7. The molecule has 3 rings (SSSR count). The van der Waals surface area contributed by atoms with Crippen molar-refractivity contribution in [3.05, 3.63) is 29.6 Å². The smallest absolute Gasteiger partial charge is 0.407 e. The molecule has 9 heteroatoms. The van der Waals surface area contributed by atoms with Crippen LogP contribution in [0.25, 0.3) is 0 Å². The van der Waals surface area contributed by atoms with Crippen molar-refractivity contribution in [2.24, 2.45) is 0 Å². The minimum atomic E-state index is -1.02. The predicted octanol–water partition coefficient (Wildman–Crippen LogP) is 1.94. The number of carbonyl (C=O) groups is 3. The lowest BCUT2D eigenvalue weighted by Gasteiger charge is -2.33. The summed E-state index contributed by atoms with van der Waals surface area (Å²) in [4.78, 5) is 37.9. The largest absolute Gasteiger partial charge is 0.465 e. The van der Waals surface area contributed by atoms with Gasteiger partial charge < -0.3 is 25.5 Å². The Morgan fingerprint density at radius 2 is 1.73 bits per heavy atom. The molecule has 1 aliphatic carbocycles. The Kier molecular flexibility index (Phi) is 5.24. The van der Waals surface area contributed by atoms with E-state index < -0.39 is 17.9 Å². The molecule has 0 atom stereocenters. The fourth-order valence-electron chi connectivity index (χ4n) is 2.93. The third-order valence-corrected chi connectivity index (χ3v) is 4.74. The summed E-state index contributed by atoms with van der Waals surface area (Å²) in [7, 11) is 0. The van der Waals surface area contributed by atoms with Gasteiger partial charge in [-0.2, -0.15) is 0 Å². The van der Waals surface area contributed by atoms with Crippen LogP contribution in [0.4, 0.5) is 19.7 Å². The van der Waals surface area contributed by atoms with Crippen molar-refractivity contribution in [3.8, 4) is 0 Å². The summed E-state index contributed by atoms with van der Waals surface area (Å²) in [5, 5.41) is 14.1. The molecule has 140 valence electrons. The minimum absolute atomic E-state index is 0.00840. The third kappa shape index (κ3) is 4.04. The highest BCUT2D eigenvalue weighted by atomic mass is 19.1. The summed E-state index contributed by atoms with van der Waals surface area (Å²) < 4.78 is 14.2. The van der Waals surface area contributed by atoms with Gasteiger partial charge in [0.15, 0.2) is 0 Å². The van der Waals surface area contributed by atoms with E-state index in [9.17, 15) is 18.8 Å². The molecule has 1 aromatic rings. The van der Waals surface area contributed by atoms with Gasteiger partial charge in [0.2, 0.25) is 0 Å². The first kappa shape index (κ1) is 18.0. The fourth-order valence-corrected chi connectivity index (χ4v) is 2.93. The first-order chi connectivity index (χ1) is 12.4. The van der Waals surface area contributed by atoms with E-state index in [2.05, 4.69) is 10.6 Å². The number of carboxylic acid groups (broad SMARTS) is 1. The van der Waals surface area contributed by atoms with E-state index in [1.807, 2.05) is 0 Å². The molecule has 8 nitrogen and oxygen atoms in total. The summed E-state index contributed by atoms with van der Waals surface area (Å²) in [5.41, 5.74) is 0.172. The molecule has 0 radical (unpaired) electrons. The number of piperazine rings is 1. The first-order valence-corrected chi connectivity index (χ1v) is 8.58. The molecule has 2 aliphatic rings. The van der Waals surface area contributed by atoms with Gasteiger partial charge in [-0.3, -0.25) is 4.79 Å². The summed E-state index contributed by atoms with van der Waals surface area (Å²) in [6.07, 6.45) is 1.92. The average molecular weight is 364 g/mol. The van der Waals surface area contributed by atoms with Crippen molar-refractivity contribution in [1.82, 2.24) is 15.1 Å². The van der Waals surface area contributed by atoms with Crippen LogP contribution in [0, 0.1) is 5.82 Å². The van der Waals surface area contributed by atoms with Gasteiger partial charge in [-0.25, -0.2) is 14.0 Å². The second kappa shape index (κ2) is 7.59. The Morgan fingerprint density at radius 3 is 2.27 bits per heavy atom. The molecular weight excluding hydrogens is 343 g/mol. The number of rotatable bonds is 3. The topological polar surface area (TPSA) is 102 Å². The molecule has 0 unspecified atom stereocenters. The Labute approximate surface area is 149 Å². The van der Waals surface area contributed by atoms with E-state index in [0.29, 0.717) is 0 Å². The monoisotopic (exact) mass is 364 g/mol. The van der Waals surface area contributed by atoms with Crippen LogP contribution in [0.5, 0.6) is 0 Å². The normalized spacial score (nSPS) is 17.4. The van der Waals surface area contributed by atoms with Gasteiger partial charge in [-0.05, 0) is 37.5 Å². The molecule has 1 aromatic carbocycles. The van der Waals surface area contributed by atoms with Gasteiger partial charge in [0.1, 0.15) is 5.82 Å². The molecule has 0 spiro atoms. The number of urea groups is 1. The van der Waals surface area contributed by atoms with Crippen LogP contribution in [0.15, 0.2) is 18.2 Å². The van der Waals surface area contributed by atoms with Crippen LogP contribution >= 0.6 is 0 Å². The van der Waals surface area contributed by atoms with Crippen molar-refractivity contribution in [2.75, 3.05) is 31.5 Å². The summed E-state index contributed by atoms with van der Waals surface area (Å²) in [5.74, 6) is -1.05. The standard InChI is InChI=1S/C17H21FN4O4/c18-13-10-11(15(23)21-6-8-22(9-7-21)17(25)26)4-5-14(13)20-16(24)19-12-2-1-3-12/h4-5,10,12H,1-3,6-9H2,(H,25,26)(H2,19,20,24). The number of benzene rings is 1. The van der Waals surface area contributed by atoms with Crippen LogP contribution < -0.4 is 10.6 Å². The third-order valence-electron chi connectivity index (χ3n) is 4.74. The maximum atomic E-state index is 14.2. The van der Waals surface area contributed by atoms with Crippen molar-refractivity contribution >= 4 is 23.7 Å². The molecule has 0 bridgehead atoms.